The normalized spacial score (nSPS) is 21.2. The Morgan fingerprint density at radius 1 is 0.821 bits per heavy atom. The van der Waals surface area contributed by atoms with E-state index in [1.807, 2.05) is 18.2 Å². The van der Waals surface area contributed by atoms with Gasteiger partial charge in [-0.3, -0.25) is 48.1 Å². The van der Waals surface area contributed by atoms with Crippen LogP contribution in [0.15, 0.2) is 59.7 Å². The lowest BCUT2D eigenvalue weighted by molar-refractivity contribution is -0.135. The number of aliphatic hydroxyl groups is 1. The zero-order valence-corrected chi connectivity index (χ0v) is 36.8. The number of aliphatic hydroxyl groups excluding tert-OH is 1. The van der Waals surface area contributed by atoms with Gasteiger partial charge in [0, 0.05) is 56.4 Å². The zero-order valence-electron chi connectivity index (χ0n) is 36.8. The van der Waals surface area contributed by atoms with Crippen molar-refractivity contribution < 1.29 is 52.6 Å². The highest BCUT2D eigenvalue weighted by atomic mass is 19.1. The van der Waals surface area contributed by atoms with E-state index in [-0.39, 0.29) is 70.4 Å². The SMILES string of the molecule is CC(=O)N[C@@H](CCCN=C(N)N)C(=O)NC1CCC(=O)NCCCC(C(N)=O)NC(=O)[C@H](Cc2c[nH]c3ccccc23)NC(=O)CNC(=O)C(Cc2ccc(F)cc2)NC(=O)[C@H](CO)NC1=O. The fourth-order valence-electron chi connectivity index (χ4n) is 7.08. The Hall–Kier alpha value is -7.63. The summed E-state index contributed by atoms with van der Waals surface area (Å²) >= 11 is 0. The number of carbonyl (C=O) groups excluding carboxylic acids is 9. The molecule has 6 atom stereocenters. The lowest BCUT2D eigenvalue weighted by atomic mass is 10.0. The quantitative estimate of drug-likeness (QED) is 0.0449. The number of aromatic amines is 1. The van der Waals surface area contributed by atoms with Crippen molar-refractivity contribution in [3.8, 4) is 0 Å². The van der Waals surface area contributed by atoms with Crippen molar-refractivity contribution in [1.29, 1.82) is 0 Å². The number of hydrogen-bond acceptors (Lipinski definition) is 11. The van der Waals surface area contributed by atoms with Crippen LogP contribution < -0.4 is 59.7 Å². The Kier molecular flexibility index (Phi) is 20.0. The molecule has 1 aliphatic rings. The van der Waals surface area contributed by atoms with Crippen LogP contribution in [0.3, 0.4) is 0 Å². The summed E-state index contributed by atoms with van der Waals surface area (Å²) in [7, 11) is 0. The lowest BCUT2D eigenvalue weighted by Crippen LogP contribution is -2.59. The number of hydrogen-bond donors (Lipinski definition) is 13. The first-order valence-corrected chi connectivity index (χ1v) is 21.5. The number of guanidine groups is 1. The first-order chi connectivity index (χ1) is 31.9. The van der Waals surface area contributed by atoms with E-state index in [0.717, 1.165) is 23.0 Å². The molecule has 23 nitrogen and oxygen atoms in total. The maximum Gasteiger partial charge on any atom is 0.245 e. The Labute approximate surface area is 384 Å². The van der Waals surface area contributed by atoms with E-state index in [4.69, 9.17) is 17.2 Å². The largest absolute Gasteiger partial charge is 0.394 e. The van der Waals surface area contributed by atoms with Crippen LogP contribution in [0.2, 0.25) is 0 Å². The fraction of sp³-hybridized carbons (Fsp3) is 0.442. The number of rotatable bonds is 13. The predicted octanol–water partition coefficient (Wildman–Crippen LogP) is -3.64. The molecule has 2 aromatic carbocycles. The fourth-order valence-corrected chi connectivity index (χ4v) is 7.08. The van der Waals surface area contributed by atoms with Gasteiger partial charge >= 0.3 is 0 Å². The molecule has 67 heavy (non-hydrogen) atoms. The van der Waals surface area contributed by atoms with E-state index < -0.39 is 108 Å². The van der Waals surface area contributed by atoms with Gasteiger partial charge in [-0.05, 0) is 61.4 Å². The average Bonchev–Trinajstić information content (AvgIpc) is 3.69. The van der Waals surface area contributed by atoms with Gasteiger partial charge in [0.05, 0.1) is 13.2 Å². The van der Waals surface area contributed by atoms with Crippen LogP contribution in [0.25, 0.3) is 10.9 Å². The molecule has 3 unspecified atom stereocenters. The maximum atomic E-state index is 13.8. The van der Waals surface area contributed by atoms with E-state index >= 15 is 0 Å². The van der Waals surface area contributed by atoms with Crippen LogP contribution in [0.5, 0.6) is 0 Å². The molecule has 16 N–H and O–H groups in total. The highest BCUT2D eigenvalue weighted by molar-refractivity contribution is 5.97. The Balaban J connectivity index is 1.64. The number of primary amides is 1. The standard InChI is InChI=1S/C43H58FN13O10/c1-23(59)52-30(9-5-17-49-43(46)47)39(64)55-31-14-15-35(60)48-16-4-8-29(37(45)62)54-41(66)33(19-25-20-50-28-7-3-2-6-27(25)28)53-36(61)21-51-38(63)32(18-24-10-12-26(44)13-11-24)56-42(67)34(22-58)57-40(31)65/h2-3,6-7,10-13,20,29-34,50,58H,4-5,8-9,14-19,21-22H2,1H3,(H2,45,62)(H,48,60)(H,51,63)(H,52,59)(H,53,61)(H,54,66)(H,55,64)(H,56,67)(H,57,65)(H4,46,47,49)/t29?,30-,31?,32?,33-,34-/m0/s1. The van der Waals surface area contributed by atoms with Crippen molar-refractivity contribution in [3.05, 3.63) is 71.7 Å². The Morgan fingerprint density at radius 2 is 1.51 bits per heavy atom. The first-order valence-electron chi connectivity index (χ1n) is 21.5. The van der Waals surface area contributed by atoms with Crippen LogP contribution in [-0.2, 0) is 56.0 Å². The number of benzene rings is 2. The Bertz CT molecular complexity index is 2290. The average molecular weight is 936 g/mol. The second-order valence-corrected chi connectivity index (χ2v) is 15.8. The molecule has 1 saturated heterocycles. The molecule has 1 aromatic heterocycles. The number of nitrogens with two attached hydrogens (primary N) is 3. The van der Waals surface area contributed by atoms with Crippen molar-refractivity contribution in [2.45, 2.75) is 94.5 Å². The maximum absolute atomic E-state index is 13.8. The molecule has 0 saturated carbocycles. The molecule has 24 heteroatoms. The smallest absolute Gasteiger partial charge is 0.245 e. The molecule has 0 aliphatic carbocycles. The summed E-state index contributed by atoms with van der Waals surface area (Å²) in [5.41, 5.74) is 18.2. The van der Waals surface area contributed by atoms with Gasteiger partial charge in [-0.25, -0.2) is 4.39 Å². The number of aromatic nitrogens is 1. The minimum Gasteiger partial charge on any atom is -0.394 e. The number of para-hydroxylation sites is 1. The van der Waals surface area contributed by atoms with Gasteiger partial charge in [0.2, 0.25) is 53.2 Å². The van der Waals surface area contributed by atoms with Gasteiger partial charge in [0.1, 0.15) is 42.1 Å². The van der Waals surface area contributed by atoms with Crippen molar-refractivity contribution >= 4 is 70.0 Å². The predicted molar refractivity (Wildman–Crippen MR) is 240 cm³/mol. The summed E-state index contributed by atoms with van der Waals surface area (Å²) in [6.07, 6.45) is 0.910. The number of nitrogens with zero attached hydrogens (tertiary/aromatic N) is 1. The van der Waals surface area contributed by atoms with Crippen LogP contribution in [-0.4, -0.2) is 132 Å². The second kappa shape index (κ2) is 25.8. The van der Waals surface area contributed by atoms with Crippen LogP contribution in [0.1, 0.15) is 56.6 Å². The van der Waals surface area contributed by atoms with Crippen molar-refractivity contribution in [2.24, 2.45) is 22.2 Å². The summed E-state index contributed by atoms with van der Waals surface area (Å²) in [6, 6.07) is 3.62. The second-order valence-electron chi connectivity index (χ2n) is 15.8. The highest BCUT2D eigenvalue weighted by Gasteiger charge is 2.33. The van der Waals surface area contributed by atoms with Gasteiger partial charge in [-0.15, -0.1) is 0 Å². The van der Waals surface area contributed by atoms with E-state index in [1.54, 1.807) is 12.3 Å². The topological polar surface area (TPSA) is 376 Å². The van der Waals surface area contributed by atoms with Gasteiger partial charge in [0.25, 0.3) is 0 Å². The molecule has 0 bridgehead atoms. The zero-order chi connectivity index (χ0) is 49.0. The summed E-state index contributed by atoms with van der Waals surface area (Å²) in [5.74, 6) is -8.38. The minimum atomic E-state index is -1.75. The van der Waals surface area contributed by atoms with Crippen LogP contribution in [0, 0.1) is 5.82 Å². The number of nitrogens with one attached hydrogen (secondary N) is 9. The van der Waals surface area contributed by atoms with Gasteiger partial charge in [-0.2, -0.15) is 0 Å². The molecule has 1 fully saturated rings. The highest BCUT2D eigenvalue weighted by Crippen LogP contribution is 2.19. The third-order valence-electron chi connectivity index (χ3n) is 10.6. The molecule has 4 rings (SSSR count). The van der Waals surface area contributed by atoms with Gasteiger partial charge < -0.3 is 69.8 Å². The first kappa shape index (κ1) is 52.0. The molecular formula is C43H58FN13O10. The van der Waals surface area contributed by atoms with Crippen molar-refractivity contribution in [3.63, 3.8) is 0 Å². The molecular weight excluding hydrogens is 878 g/mol. The van der Waals surface area contributed by atoms with E-state index in [9.17, 15) is 52.6 Å². The molecule has 0 radical (unpaired) electrons. The minimum absolute atomic E-state index is 0.0232. The number of aliphatic imine (C=N–C) groups is 1. The lowest BCUT2D eigenvalue weighted by Gasteiger charge is -2.26. The summed E-state index contributed by atoms with van der Waals surface area (Å²) < 4.78 is 13.8. The summed E-state index contributed by atoms with van der Waals surface area (Å²) in [6.45, 7) is -0.486. The summed E-state index contributed by atoms with van der Waals surface area (Å²) in [4.78, 5) is 127. The summed E-state index contributed by atoms with van der Waals surface area (Å²) in [5, 5.41) is 31.0. The monoisotopic (exact) mass is 935 g/mol. The number of halogens is 1. The van der Waals surface area contributed by atoms with Gasteiger partial charge in [0.15, 0.2) is 5.96 Å². The van der Waals surface area contributed by atoms with E-state index in [0.29, 0.717) is 11.1 Å². The number of H-pyrrole nitrogens is 1. The van der Waals surface area contributed by atoms with Crippen LogP contribution >= 0.6 is 0 Å². The van der Waals surface area contributed by atoms with E-state index in [2.05, 4.69) is 52.5 Å². The molecule has 0 spiro atoms. The van der Waals surface area contributed by atoms with E-state index in [1.165, 1.54) is 19.1 Å². The number of carbonyl (C=O) groups is 9. The third kappa shape index (κ3) is 17.0. The molecule has 362 valence electrons. The number of amides is 9. The molecule has 3 aromatic rings. The molecule has 2 heterocycles. The molecule has 1 aliphatic heterocycles. The van der Waals surface area contributed by atoms with Crippen LogP contribution in [0.4, 0.5) is 4.39 Å². The molecule has 9 amide bonds. The Morgan fingerprint density at radius 3 is 2.19 bits per heavy atom. The van der Waals surface area contributed by atoms with Crippen molar-refractivity contribution in [1.82, 2.24) is 47.5 Å². The number of fused-ring (bicyclic) bond motifs is 1. The van der Waals surface area contributed by atoms with Gasteiger partial charge in [-0.1, -0.05) is 30.3 Å². The third-order valence-corrected chi connectivity index (χ3v) is 10.6. The van der Waals surface area contributed by atoms with Crippen molar-refractivity contribution in [2.75, 3.05) is 26.2 Å².